The first-order valence-corrected chi connectivity index (χ1v) is 24.6. The third kappa shape index (κ3) is 6.68. The second-order valence-corrected chi connectivity index (χ2v) is 22.8. The average Bonchev–Trinajstić information content (AvgIpc) is 3.68. The van der Waals surface area contributed by atoms with E-state index in [1.165, 1.54) is 106 Å². The van der Waals surface area contributed by atoms with Crippen molar-refractivity contribution in [3.8, 4) is 22.3 Å². The number of benzene rings is 8. The van der Waals surface area contributed by atoms with E-state index in [2.05, 4.69) is 218 Å². The van der Waals surface area contributed by atoms with Gasteiger partial charge in [0.05, 0.1) is 11.3 Å². The van der Waals surface area contributed by atoms with Crippen LogP contribution in [0.2, 0.25) is 0 Å². The van der Waals surface area contributed by atoms with Gasteiger partial charge in [0.1, 0.15) is 5.58 Å². The third-order valence-electron chi connectivity index (χ3n) is 16.5. The van der Waals surface area contributed by atoms with E-state index >= 15 is 0 Å². The van der Waals surface area contributed by atoms with E-state index in [-0.39, 0.29) is 21.7 Å². The maximum Gasteiger partial charge on any atom is 0.244 e. The van der Waals surface area contributed by atoms with Crippen molar-refractivity contribution < 1.29 is 4.42 Å². The number of anilines is 5. The minimum atomic E-state index is 0.0385. The van der Waals surface area contributed by atoms with Crippen LogP contribution in [0, 0.1) is 6.92 Å². The third-order valence-corrected chi connectivity index (χ3v) is 16.5. The number of rotatable bonds is 5. The standard InChI is InChI=1S/C63H61BN2O/c1-38-31-49-51(62(6,7)29-27-60(49,2)3)36-54(38)66-57-45-22-16-15-21-43(45)33-47(56(57)64-59-58(66)48-35-50-52(37-55(48)67-59)63(8,9)30-28-61(50,4)5)46-32-41-19-13-14-20-42(41)34-53(46)65-44-25-23-40(24-26-44)39-17-11-10-12-18-39/h10-26,31-37,64-65H,27-30H2,1-9H3. The molecule has 0 unspecified atom stereocenters. The van der Waals surface area contributed by atoms with Gasteiger partial charge in [-0.2, -0.15) is 0 Å². The number of furan rings is 1. The van der Waals surface area contributed by atoms with Crippen molar-refractivity contribution in [1.29, 1.82) is 0 Å². The number of fused-ring (bicyclic) bond motifs is 9. The zero-order chi connectivity index (χ0) is 46.2. The number of nitrogens with zero attached hydrogens (tertiary/aromatic N) is 1. The van der Waals surface area contributed by atoms with E-state index in [0.717, 1.165) is 41.9 Å². The SMILES string of the molecule is Cc1cc2c(cc1N1c3c(c(-c4cc5ccccc5cc4Nc4ccc(-c5ccccc5)cc4)cc4ccccc34)Bc3oc4cc5c(cc4c31)C(C)(C)CCC5(C)C)C(C)(C)CCC2(C)C. The summed E-state index contributed by atoms with van der Waals surface area (Å²) in [4.78, 5) is 2.66. The zero-order valence-corrected chi connectivity index (χ0v) is 40.7. The lowest BCUT2D eigenvalue weighted by Crippen LogP contribution is -2.41. The molecule has 0 bridgehead atoms. The first kappa shape index (κ1) is 41.9. The average molecular weight is 873 g/mol. The number of aryl methyl sites for hydroxylation is 1. The Bertz CT molecular complexity index is 3480. The van der Waals surface area contributed by atoms with Gasteiger partial charge in [-0.1, -0.05) is 152 Å². The highest BCUT2D eigenvalue weighted by Crippen LogP contribution is 2.54. The van der Waals surface area contributed by atoms with E-state index in [9.17, 15) is 0 Å². The molecule has 0 saturated heterocycles. The first-order valence-electron chi connectivity index (χ1n) is 24.6. The smallest absolute Gasteiger partial charge is 0.244 e. The quantitative estimate of drug-likeness (QED) is 0.175. The Balaban J connectivity index is 1.14. The van der Waals surface area contributed by atoms with Crippen LogP contribution in [0.25, 0.3) is 54.8 Å². The Hall–Kier alpha value is -6.52. The van der Waals surface area contributed by atoms with Gasteiger partial charge < -0.3 is 14.6 Å². The molecule has 9 aromatic rings. The molecule has 0 atom stereocenters. The molecule has 3 nitrogen and oxygen atoms in total. The van der Waals surface area contributed by atoms with Crippen molar-refractivity contribution in [3.63, 3.8) is 0 Å². The summed E-state index contributed by atoms with van der Waals surface area (Å²) in [6, 6.07) is 54.6. The summed E-state index contributed by atoms with van der Waals surface area (Å²) in [6.07, 6.45) is 4.65. The molecule has 12 rings (SSSR count). The van der Waals surface area contributed by atoms with Crippen LogP contribution < -0.4 is 21.3 Å². The van der Waals surface area contributed by atoms with Crippen LogP contribution in [-0.2, 0) is 21.7 Å². The fourth-order valence-corrected chi connectivity index (χ4v) is 12.2. The van der Waals surface area contributed by atoms with Gasteiger partial charge in [0.15, 0.2) is 0 Å². The van der Waals surface area contributed by atoms with E-state index in [0.29, 0.717) is 7.28 Å². The zero-order valence-electron chi connectivity index (χ0n) is 40.7. The highest BCUT2D eigenvalue weighted by Gasteiger charge is 2.42. The number of hydrogen-bond donors (Lipinski definition) is 1. The summed E-state index contributed by atoms with van der Waals surface area (Å²) < 4.78 is 7.34. The van der Waals surface area contributed by atoms with Gasteiger partial charge in [0.25, 0.3) is 0 Å². The molecule has 0 fully saturated rings. The molecular weight excluding hydrogens is 812 g/mol. The van der Waals surface area contributed by atoms with Gasteiger partial charge in [0, 0.05) is 39.1 Å². The first-order chi connectivity index (χ1) is 32.1. The maximum atomic E-state index is 7.34. The number of nitrogens with one attached hydrogen (secondary N) is 1. The van der Waals surface area contributed by atoms with Crippen LogP contribution >= 0.6 is 0 Å². The predicted octanol–water partition coefficient (Wildman–Crippen LogP) is 16.0. The van der Waals surface area contributed by atoms with Crippen LogP contribution in [-0.4, -0.2) is 7.28 Å². The molecule has 1 N–H and O–H groups in total. The van der Waals surface area contributed by atoms with Gasteiger partial charge in [-0.25, -0.2) is 0 Å². The minimum Gasteiger partial charge on any atom is -0.469 e. The summed E-state index contributed by atoms with van der Waals surface area (Å²) in [5, 5.41) is 10.1. The normalized spacial score (nSPS) is 17.4. The predicted molar refractivity (Wildman–Crippen MR) is 288 cm³/mol. The Labute approximate surface area is 397 Å². The fourth-order valence-electron chi connectivity index (χ4n) is 12.2. The molecule has 3 aliphatic rings. The molecule has 2 aliphatic carbocycles. The van der Waals surface area contributed by atoms with Crippen molar-refractivity contribution in [1.82, 2.24) is 0 Å². The van der Waals surface area contributed by atoms with E-state index in [1.54, 1.807) is 0 Å². The topological polar surface area (TPSA) is 28.4 Å². The Morgan fingerprint density at radius 3 is 1.70 bits per heavy atom. The Morgan fingerprint density at radius 1 is 0.493 bits per heavy atom. The summed E-state index contributed by atoms with van der Waals surface area (Å²) in [5.41, 5.74) is 21.3. The molecule has 0 saturated carbocycles. The molecule has 1 aromatic heterocycles. The highest BCUT2D eigenvalue weighted by atomic mass is 16.3. The largest absolute Gasteiger partial charge is 0.469 e. The molecule has 1 aliphatic heterocycles. The molecule has 0 radical (unpaired) electrons. The summed E-state index contributed by atoms with van der Waals surface area (Å²) >= 11 is 0. The Kier molecular flexibility index (Phi) is 9.21. The molecule has 2 heterocycles. The van der Waals surface area contributed by atoms with Crippen LogP contribution in [0.15, 0.2) is 150 Å². The van der Waals surface area contributed by atoms with Crippen LogP contribution in [0.3, 0.4) is 0 Å². The van der Waals surface area contributed by atoms with Gasteiger partial charge in [0.2, 0.25) is 7.28 Å². The highest BCUT2D eigenvalue weighted by molar-refractivity contribution is 6.73. The van der Waals surface area contributed by atoms with Crippen molar-refractivity contribution >= 4 is 79.4 Å². The lowest BCUT2D eigenvalue weighted by molar-refractivity contribution is 0.332. The molecule has 332 valence electrons. The van der Waals surface area contributed by atoms with E-state index in [4.69, 9.17) is 4.42 Å². The molecule has 67 heavy (non-hydrogen) atoms. The van der Waals surface area contributed by atoms with E-state index in [1.807, 2.05) is 0 Å². The molecule has 4 heteroatoms. The monoisotopic (exact) mass is 872 g/mol. The molecule has 0 amide bonds. The summed E-state index contributed by atoms with van der Waals surface area (Å²) in [7, 11) is 0.675. The summed E-state index contributed by atoms with van der Waals surface area (Å²) in [5.74, 6) is 0. The molecular formula is C63H61BN2O. The minimum absolute atomic E-state index is 0.0385. The number of hydrogen-bond acceptors (Lipinski definition) is 3. The Morgan fingerprint density at radius 2 is 1.03 bits per heavy atom. The summed E-state index contributed by atoms with van der Waals surface area (Å²) in [6.45, 7) is 21.9. The van der Waals surface area contributed by atoms with Crippen molar-refractivity contribution in [3.05, 3.63) is 173 Å². The second kappa shape index (κ2) is 14.7. The fraction of sp³-hybridized carbons (Fsp3) is 0.270. The lowest BCUT2D eigenvalue weighted by Gasteiger charge is -2.43. The molecule has 0 spiro atoms. The van der Waals surface area contributed by atoms with E-state index < -0.39 is 0 Å². The van der Waals surface area contributed by atoms with Crippen molar-refractivity contribution in [2.45, 2.75) is 110 Å². The van der Waals surface area contributed by atoms with Crippen molar-refractivity contribution in [2.75, 3.05) is 10.2 Å². The van der Waals surface area contributed by atoms with Gasteiger partial charge in [-0.05, 0) is 169 Å². The van der Waals surface area contributed by atoms with Crippen LogP contribution in [0.1, 0.15) is 109 Å². The van der Waals surface area contributed by atoms with Gasteiger partial charge in [-0.15, -0.1) is 0 Å². The van der Waals surface area contributed by atoms with Crippen LogP contribution in [0.5, 0.6) is 0 Å². The second-order valence-electron chi connectivity index (χ2n) is 22.8. The maximum absolute atomic E-state index is 7.34. The lowest BCUT2D eigenvalue weighted by atomic mass is 9.60. The molecule has 8 aromatic carbocycles. The van der Waals surface area contributed by atoms with Crippen LogP contribution in [0.4, 0.5) is 28.4 Å². The van der Waals surface area contributed by atoms with Gasteiger partial charge in [-0.3, -0.25) is 0 Å². The van der Waals surface area contributed by atoms with Crippen molar-refractivity contribution in [2.24, 2.45) is 0 Å². The van der Waals surface area contributed by atoms with Gasteiger partial charge >= 0.3 is 0 Å².